The van der Waals surface area contributed by atoms with Crippen molar-refractivity contribution in [2.45, 2.75) is 12.3 Å². The van der Waals surface area contributed by atoms with Gasteiger partial charge in [0.15, 0.2) is 0 Å². The van der Waals surface area contributed by atoms with Crippen molar-refractivity contribution in [3.63, 3.8) is 0 Å². The number of aliphatic hydroxyl groups is 1. The van der Waals surface area contributed by atoms with Gasteiger partial charge in [0, 0.05) is 44.1 Å². The van der Waals surface area contributed by atoms with Crippen LogP contribution >= 0.6 is 11.3 Å². The predicted octanol–water partition coefficient (Wildman–Crippen LogP) is 1.08. The van der Waals surface area contributed by atoms with Crippen LogP contribution in [0.4, 0.5) is 4.39 Å². The number of aliphatic hydroxyl groups excluding tert-OH is 1. The molecule has 0 aromatic carbocycles. The molecule has 0 saturated carbocycles. The van der Waals surface area contributed by atoms with E-state index in [1.165, 1.54) is 11.3 Å². The topological polar surface area (TPSA) is 46.2 Å². The first-order chi connectivity index (χ1) is 5.25. The molecule has 0 bridgehead atoms. The molecule has 2 unspecified atom stereocenters. The fraction of sp³-hybridized carbons (Fsp3) is 0.429. The van der Waals surface area contributed by atoms with Crippen LogP contribution in [0.2, 0.25) is 0 Å². The standard InChI is InChI=1S/C7H10FNOS.Y/c8-5(4-9)7(10)6-2-1-3-11-6;/h1-3,5,7,10H,4,9H2;. The Labute approximate surface area is 99.8 Å². The van der Waals surface area contributed by atoms with Crippen molar-refractivity contribution in [3.8, 4) is 0 Å². The fourth-order valence-electron chi connectivity index (χ4n) is 0.767. The van der Waals surface area contributed by atoms with Crippen LogP contribution in [0.15, 0.2) is 17.5 Å². The number of halogens is 1. The molecule has 2 atom stereocenters. The largest absolute Gasteiger partial charge is 0.384 e. The zero-order valence-electron chi connectivity index (χ0n) is 6.48. The maximum absolute atomic E-state index is 12.7. The average Bonchev–Trinajstić information content (AvgIpc) is 2.53. The van der Waals surface area contributed by atoms with Crippen LogP contribution in [0.5, 0.6) is 0 Å². The number of alkyl halides is 1. The first-order valence-corrected chi connectivity index (χ1v) is 4.19. The monoisotopic (exact) mass is 264 g/mol. The molecule has 0 spiro atoms. The molecule has 1 aromatic heterocycles. The first-order valence-electron chi connectivity index (χ1n) is 3.31. The van der Waals surface area contributed by atoms with Gasteiger partial charge in [0.1, 0.15) is 12.3 Å². The molecule has 0 aliphatic rings. The van der Waals surface area contributed by atoms with Crippen molar-refractivity contribution in [1.82, 2.24) is 0 Å². The minimum atomic E-state index is -1.35. The van der Waals surface area contributed by atoms with E-state index in [1.54, 1.807) is 17.5 Å². The molecule has 2 nitrogen and oxygen atoms in total. The van der Waals surface area contributed by atoms with E-state index in [2.05, 4.69) is 0 Å². The van der Waals surface area contributed by atoms with Gasteiger partial charge in [0.25, 0.3) is 0 Å². The summed E-state index contributed by atoms with van der Waals surface area (Å²) in [6.07, 6.45) is -2.41. The third-order valence-electron chi connectivity index (χ3n) is 1.40. The Hall–Kier alpha value is 0.654. The minimum absolute atomic E-state index is 0. The van der Waals surface area contributed by atoms with Crippen LogP contribution in [-0.4, -0.2) is 17.8 Å². The van der Waals surface area contributed by atoms with Crippen molar-refractivity contribution >= 4 is 11.3 Å². The molecule has 12 heavy (non-hydrogen) atoms. The van der Waals surface area contributed by atoms with Crippen LogP contribution in [-0.2, 0) is 32.7 Å². The molecule has 0 aliphatic heterocycles. The second kappa shape index (κ2) is 6.16. The molecule has 1 heterocycles. The Bertz CT molecular complexity index is 207. The number of thiophene rings is 1. The maximum Gasteiger partial charge on any atom is 0.143 e. The molecule has 65 valence electrons. The Balaban J connectivity index is 0.00000121. The van der Waals surface area contributed by atoms with Gasteiger partial charge in [-0.1, -0.05) is 6.07 Å². The van der Waals surface area contributed by atoms with Gasteiger partial charge in [0.05, 0.1) is 0 Å². The van der Waals surface area contributed by atoms with E-state index >= 15 is 0 Å². The van der Waals surface area contributed by atoms with E-state index in [9.17, 15) is 9.50 Å². The summed E-state index contributed by atoms with van der Waals surface area (Å²) in [7, 11) is 0. The Morgan fingerprint density at radius 3 is 2.75 bits per heavy atom. The van der Waals surface area contributed by atoms with Gasteiger partial charge in [0.2, 0.25) is 0 Å². The average molecular weight is 264 g/mol. The zero-order chi connectivity index (χ0) is 8.27. The summed E-state index contributed by atoms with van der Waals surface area (Å²) in [5, 5.41) is 11.0. The van der Waals surface area contributed by atoms with E-state index < -0.39 is 12.3 Å². The third kappa shape index (κ3) is 3.19. The van der Waals surface area contributed by atoms with Crippen LogP contribution < -0.4 is 5.73 Å². The van der Waals surface area contributed by atoms with E-state index in [0.717, 1.165) is 0 Å². The van der Waals surface area contributed by atoms with Gasteiger partial charge in [-0.3, -0.25) is 0 Å². The van der Waals surface area contributed by atoms with Crippen LogP contribution in [0.25, 0.3) is 0 Å². The molecule has 0 aliphatic carbocycles. The van der Waals surface area contributed by atoms with Gasteiger partial charge in [-0.2, -0.15) is 0 Å². The second-order valence-corrected chi connectivity index (χ2v) is 3.19. The molecule has 1 rings (SSSR count). The van der Waals surface area contributed by atoms with Crippen LogP contribution in [0, 0.1) is 0 Å². The van der Waals surface area contributed by atoms with Crippen molar-refractivity contribution in [2.75, 3.05) is 6.54 Å². The van der Waals surface area contributed by atoms with Gasteiger partial charge in [-0.25, -0.2) is 4.39 Å². The van der Waals surface area contributed by atoms with Gasteiger partial charge in [-0.05, 0) is 11.4 Å². The van der Waals surface area contributed by atoms with Crippen molar-refractivity contribution in [2.24, 2.45) is 5.73 Å². The Morgan fingerprint density at radius 1 is 1.67 bits per heavy atom. The van der Waals surface area contributed by atoms with Gasteiger partial charge >= 0.3 is 0 Å². The molecule has 0 amide bonds. The van der Waals surface area contributed by atoms with E-state index in [1.807, 2.05) is 0 Å². The van der Waals surface area contributed by atoms with Crippen molar-refractivity contribution < 1.29 is 42.2 Å². The molecular weight excluding hydrogens is 254 g/mol. The predicted molar refractivity (Wildman–Crippen MR) is 43.2 cm³/mol. The summed E-state index contributed by atoms with van der Waals surface area (Å²) in [5.41, 5.74) is 5.05. The number of hydrogen-bond acceptors (Lipinski definition) is 3. The molecule has 5 heteroatoms. The summed E-state index contributed by atoms with van der Waals surface area (Å²) in [5.74, 6) is 0. The summed E-state index contributed by atoms with van der Waals surface area (Å²) in [6, 6.07) is 3.46. The van der Waals surface area contributed by atoms with Gasteiger partial charge in [-0.15, -0.1) is 11.3 Å². The molecule has 1 aromatic rings. The second-order valence-electron chi connectivity index (χ2n) is 2.21. The van der Waals surface area contributed by atoms with Crippen molar-refractivity contribution in [3.05, 3.63) is 22.4 Å². The summed E-state index contributed by atoms with van der Waals surface area (Å²) < 4.78 is 12.7. The molecule has 3 N–H and O–H groups in total. The van der Waals surface area contributed by atoms with Crippen LogP contribution in [0.3, 0.4) is 0 Å². The Kier molecular flexibility index (Phi) is 6.50. The SMILES string of the molecule is NCC(F)C(O)c1cccs1.[Y]. The quantitative estimate of drug-likeness (QED) is 0.858. The molecular formula is C7H10FNOSY. The van der Waals surface area contributed by atoms with E-state index in [-0.39, 0.29) is 39.3 Å². The third-order valence-corrected chi connectivity index (χ3v) is 2.35. The molecule has 0 fully saturated rings. The molecule has 0 saturated heterocycles. The minimum Gasteiger partial charge on any atom is -0.384 e. The van der Waals surface area contributed by atoms with Crippen molar-refractivity contribution in [1.29, 1.82) is 0 Å². The smallest absolute Gasteiger partial charge is 0.143 e. The zero-order valence-corrected chi connectivity index (χ0v) is 10.1. The summed E-state index contributed by atoms with van der Waals surface area (Å²) >= 11 is 1.33. The van der Waals surface area contributed by atoms with Crippen LogP contribution in [0.1, 0.15) is 11.0 Å². The number of nitrogens with two attached hydrogens (primary N) is 1. The number of rotatable bonds is 3. The van der Waals surface area contributed by atoms with Gasteiger partial charge < -0.3 is 10.8 Å². The summed E-state index contributed by atoms with van der Waals surface area (Å²) in [6.45, 7) is -0.140. The summed E-state index contributed by atoms with van der Waals surface area (Å²) in [4.78, 5) is 0.628. The first kappa shape index (κ1) is 12.7. The maximum atomic E-state index is 12.7. The number of hydrogen-bond donors (Lipinski definition) is 2. The van der Waals surface area contributed by atoms with E-state index in [4.69, 9.17) is 5.73 Å². The molecule has 1 radical (unpaired) electrons. The normalized spacial score (nSPS) is 14.9. The fourth-order valence-corrected chi connectivity index (χ4v) is 1.53. The Morgan fingerprint density at radius 2 is 2.33 bits per heavy atom. The van der Waals surface area contributed by atoms with E-state index in [0.29, 0.717) is 4.88 Å².